The number of carbonyl (C=O) groups is 1. The normalized spacial score (nSPS) is 16.6. The van der Waals surface area contributed by atoms with Crippen LogP contribution in [0, 0.1) is 6.92 Å². The van der Waals surface area contributed by atoms with E-state index >= 15 is 0 Å². The highest BCUT2D eigenvalue weighted by molar-refractivity contribution is 7.98. The molecule has 1 saturated carbocycles. The number of esters is 1. The van der Waals surface area contributed by atoms with Gasteiger partial charge >= 0.3 is 5.97 Å². The molecule has 1 saturated heterocycles. The average molecular weight is 438 g/mol. The Bertz CT molecular complexity index is 1120. The predicted molar refractivity (Wildman–Crippen MR) is 122 cm³/mol. The maximum absolute atomic E-state index is 12.6. The van der Waals surface area contributed by atoms with Crippen LogP contribution in [0.2, 0.25) is 0 Å². The van der Waals surface area contributed by atoms with Crippen LogP contribution in [0.15, 0.2) is 29.4 Å². The summed E-state index contributed by atoms with van der Waals surface area (Å²) in [7, 11) is 1.42. The minimum absolute atomic E-state index is 0.344. The first-order chi connectivity index (χ1) is 15.2. The Morgan fingerprint density at radius 2 is 1.94 bits per heavy atom. The molecule has 8 heteroatoms. The smallest absolute Gasteiger partial charge is 0.340 e. The molecular weight excluding hydrogens is 410 g/mol. The fourth-order valence-electron chi connectivity index (χ4n) is 4.38. The second-order valence-electron chi connectivity index (χ2n) is 8.29. The van der Waals surface area contributed by atoms with Crippen LogP contribution >= 0.6 is 11.8 Å². The summed E-state index contributed by atoms with van der Waals surface area (Å²) in [5, 5.41) is 11.0. The van der Waals surface area contributed by atoms with E-state index in [2.05, 4.69) is 19.7 Å². The van der Waals surface area contributed by atoms with Gasteiger partial charge in [-0.05, 0) is 50.7 Å². The Morgan fingerprint density at radius 1 is 1.16 bits per heavy atom. The van der Waals surface area contributed by atoms with Crippen molar-refractivity contribution in [1.82, 2.24) is 19.7 Å². The van der Waals surface area contributed by atoms with E-state index in [1.807, 2.05) is 31.2 Å². The van der Waals surface area contributed by atoms with Gasteiger partial charge in [-0.25, -0.2) is 4.79 Å². The van der Waals surface area contributed by atoms with Crippen LogP contribution in [0.1, 0.15) is 59.8 Å². The molecular formula is C23H27N5O2S. The zero-order valence-corrected chi connectivity index (χ0v) is 18.8. The molecule has 2 fully saturated rings. The van der Waals surface area contributed by atoms with Gasteiger partial charge in [0.1, 0.15) is 0 Å². The van der Waals surface area contributed by atoms with Gasteiger partial charge in [-0.1, -0.05) is 30.0 Å². The van der Waals surface area contributed by atoms with Crippen molar-refractivity contribution < 1.29 is 9.53 Å². The molecule has 3 aromatic rings. The lowest BCUT2D eigenvalue weighted by molar-refractivity contribution is 0.0598. The number of thioether (sulfide) groups is 1. The minimum atomic E-state index is -0.344. The third-order valence-electron chi connectivity index (χ3n) is 6.15. The molecule has 0 amide bonds. The molecule has 2 aromatic heterocycles. The van der Waals surface area contributed by atoms with E-state index in [0.717, 1.165) is 46.4 Å². The Hall–Kier alpha value is -2.61. The molecule has 0 spiro atoms. The van der Waals surface area contributed by atoms with E-state index in [-0.39, 0.29) is 5.97 Å². The SMILES string of the molecule is COC(=O)c1c(CSc2nnc(N3CCCCC3)n2C2CC2)nc2ccccc2c1C. The van der Waals surface area contributed by atoms with Gasteiger partial charge in [-0.15, -0.1) is 10.2 Å². The number of methoxy groups -OCH3 is 1. The summed E-state index contributed by atoms with van der Waals surface area (Å²) in [6, 6.07) is 8.40. The molecule has 1 aliphatic carbocycles. The van der Waals surface area contributed by atoms with Crippen molar-refractivity contribution in [2.24, 2.45) is 0 Å². The molecule has 2 aliphatic rings. The summed E-state index contributed by atoms with van der Waals surface area (Å²) >= 11 is 1.61. The van der Waals surface area contributed by atoms with E-state index < -0.39 is 0 Å². The molecule has 5 rings (SSSR count). The van der Waals surface area contributed by atoms with Crippen LogP contribution in [-0.4, -0.2) is 45.9 Å². The minimum Gasteiger partial charge on any atom is -0.465 e. The van der Waals surface area contributed by atoms with E-state index in [1.165, 1.54) is 39.2 Å². The highest BCUT2D eigenvalue weighted by Gasteiger charge is 2.32. The molecule has 0 radical (unpaired) electrons. The van der Waals surface area contributed by atoms with Crippen LogP contribution in [0.3, 0.4) is 0 Å². The van der Waals surface area contributed by atoms with Crippen LogP contribution in [0.5, 0.6) is 0 Å². The first kappa shape index (κ1) is 20.3. The van der Waals surface area contributed by atoms with Crippen molar-refractivity contribution in [2.75, 3.05) is 25.1 Å². The fourth-order valence-corrected chi connectivity index (χ4v) is 5.32. The van der Waals surface area contributed by atoms with Crippen LogP contribution < -0.4 is 4.90 Å². The van der Waals surface area contributed by atoms with E-state index in [1.54, 1.807) is 11.8 Å². The Kier molecular flexibility index (Phi) is 5.56. The first-order valence-electron chi connectivity index (χ1n) is 11.0. The predicted octanol–water partition coefficient (Wildman–Crippen LogP) is 4.54. The maximum atomic E-state index is 12.6. The highest BCUT2D eigenvalue weighted by Crippen LogP contribution is 2.42. The van der Waals surface area contributed by atoms with Crippen molar-refractivity contribution in [3.05, 3.63) is 41.1 Å². The number of aromatic nitrogens is 4. The number of aryl methyl sites for hydroxylation is 1. The number of para-hydroxylation sites is 1. The number of piperidine rings is 1. The maximum Gasteiger partial charge on any atom is 0.340 e. The molecule has 0 bridgehead atoms. The van der Waals surface area contributed by atoms with E-state index in [0.29, 0.717) is 17.4 Å². The summed E-state index contributed by atoms with van der Waals surface area (Å²) in [4.78, 5) is 19.8. The number of rotatable bonds is 6. The largest absolute Gasteiger partial charge is 0.465 e. The zero-order valence-electron chi connectivity index (χ0n) is 18.0. The van der Waals surface area contributed by atoms with Gasteiger partial charge in [0.25, 0.3) is 0 Å². The van der Waals surface area contributed by atoms with E-state index in [4.69, 9.17) is 9.72 Å². The second kappa shape index (κ2) is 8.49. The van der Waals surface area contributed by atoms with Crippen molar-refractivity contribution in [1.29, 1.82) is 0 Å². The fraction of sp³-hybridized carbons (Fsp3) is 0.478. The molecule has 31 heavy (non-hydrogen) atoms. The lowest BCUT2D eigenvalue weighted by atomic mass is 10.0. The molecule has 0 atom stereocenters. The van der Waals surface area contributed by atoms with Gasteiger partial charge in [0.15, 0.2) is 5.16 Å². The average Bonchev–Trinajstić information content (AvgIpc) is 3.56. The zero-order chi connectivity index (χ0) is 21.4. The Labute approximate surface area is 186 Å². The van der Waals surface area contributed by atoms with Gasteiger partial charge in [-0.2, -0.15) is 0 Å². The lowest BCUT2D eigenvalue weighted by Crippen LogP contribution is -2.31. The quantitative estimate of drug-likeness (QED) is 0.414. The van der Waals surface area contributed by atoms with Crippen LogP contribution in [0.4, 0.5) is 5.95 Å². The molecule has 0 N–H and O–H groups in total. The van der Waals surface area contributed by atoms with Gasteiger partial charge in [-0.3, -0.25) is 9.55 Å². The number of ether oxygens (including phenoxy) is 1. The highest BCUT2D eigenvalue weighted by atomic mass is 32.2. The Balaban J connectivity index is 1.47. The molecule has 0 unspecified atom stereocenters. The number of fused-ring (bicyclic) bond motifs is 1. The summed E-state index contributed by atoms with van der Waals surface area (Å²) in [5.41, 5.74) is 3.09. The number of hydrogen-bond acceptors (Lipinski definition) is 7. The van der Waals surface area contributed by atoms with Crippen molar-refractivity contribution in [2.45, 2.75) is 56.0 Å². The number of benzene rings is 1. The number of pyridine rings is 1. The number of nitrogens with zero attached hydrogens (tertiary/aromatic N) is 5. The summed E-state index contributed by atoms with van der Waals surface area (Å²) < 4.78 is 7.39. The molecule has 1 aromatic carbocycles. The number of anilines is 1. The first-order valence-corrected chi connectivity index (χ1v) is 11.9. The number of hydrogen-bond donors (Lipinski definition) is 0. The molecule has 1 aliphatic heterocycles. The topological polar surface area (TPSA) is 73.1 Å². The van der Waals surface area contributed by atoms with Gasteiger partial charge in [0.2, 0.25) is 5.95 Å². The van der Waals surface area contributed by atoms with Crippen molar-refractivity contribution in [3.8, 4) is 0 Å². The lowest BCUT2D eigenvalue weighted by Gasteiger charge is -2.27. The van der Waals surface area contributed by atoms with E-state index in [9.17, 15) is 4.79 Å². The third-order valence-corrected chi connectivity index (χ3v) is 7.11. The van der Waals surface area contributed by atoms with Crippen LogP contribution in [-0.2, 0) is 10.5 Å². The summed E-state index contributed by atoms with van der Waals surface area (Å²) in [5.74, 6) is 1.20. The molecule has 7 nitrogen and oxygen atoms in total. The third kappa shape index (κ3) is 3.89. The second-order valence-corrected chi connectivity index (χ2v) is 9.23. The van der Waals surface area contributed by atoms with Crippen LogP contribution in [0.25, 0.3) is 10.9 Å². The van der Waals surface area contributed by atoms with Gasteiger partial charge in [0, 0.05) is 30.3 Å². The standard InChI is InChI=1S/C23H27N5O2S/c1-15-17-8-4-5-9-18(17)24-19(20(15)21(29)30-2)14-31-23-26-25-22(28(23)16-10-11-16)27-12-6-3-7-13-27/h4-5,8-9,16H,3,6-7,10-14H2,1-2H3. The van der Waals surface area contributed by atoms with Crippen molar-refractivity contribution in [3.63, 3.8) is 0 Å². The van der Waals surface area contributed by atoms with Gasteiger partial charge in [0.05, 0.1) is 23.9 Å². The molecule has 162 valence electrons. The molecule has 3 heterocycles. The van der Waals surface area contributed by atoms with Gasteiger partial charge < -0.3 is 9.64 Å². The Morgan fingerprint density at radius 3 is 2.68 bits per heavy atom. The monoisotopic (exact) mass is 437 g/mol. The summed E-state index contributed by atoms with van der Waals surface area (Å²) in [6.07, 6.45) is 6.06. The number of carbonyl (C=O) groups excluding carboxylic acids is 1. The summed E-state index contributed by atoms with van der Waals surface area (Å²) in [6.45, 7) is 4.06. The van der Waals surface area contributed by atoms with Crippen molar-refractivity contribution >= 4 is 34.6 Å².